The molecule has 0 aliphatic rings. The number of nitro groups is 1. The third-order valence-electron chi connectivity index (χ3n) is 2.97. The van der Waals surface area contributed by atoms with E-state index in [1.54, 1.807) is 6.92 Å². The van der Waals surface area contributed by atoms with Gasteiger partial charge in [0.05, 0.1) is 17.2 Å². The summed E-state index contributed by atoms with van der Waals surface area (Å²) in [6.07, 6.45) is 0.995. The average molecular weight is 282 g/mol. The van der Waals surface area contributed by atoms with Crippen LogP contribution in [0.3, 0.4) is 0 Å². The Kier molecular flexibility index (Phi) is 5.42. The molecule has 1 rings (SSSR count). The molecule has 1 aromatic heterocycles. The van der Waals surface area contributed by atoms with Crippen LogP contribution < -0.4 is 5.56 Å². The molecule has 0 saturated heterocycles. The molecule has 110 valence electrons. The maximum atomic E-state index is 12.0. The van der Waals surface area contributed by atoms with Gasteiger partial charge in [0.2, 0.25) is 0 Å². The second kappa shape index (κ2) is 6.83. The van der Waals surface area contributed by atoms with Gasteiger partial charge in [0.25, 0.3) is 11.2 Å². The molecule has 1 unspecified atom stereocenters. The number of carbonyl (C=O) groups is 1. The van der Waals surface area contributed by atoms with Gasteiger partial charge in [0.1, 0.15) is 6.04 Å². The molecule has 0 N–H and O–H groups in total. The van der Waals surface area contributed by atoms with Crippen LogP contribution in [0.1, 0.15) is 38.4 Å². The van der Waals surface area contributed by atoms with E-state index in [2.05, 4.69) is 0 Å². The first-order chi connectivity index (χ1) is 9.43. The molecule has 0 amide bonds. The molecule has 0 radical (unpaired) electrons. The topological polar surface area (TPSA) is 91.4 Å². The number of hydrogen-bond acceptors (Lipinski definition) is 5. The number of aromatic nitrogens is 1. The molecular weight excluding hydrogens is 264 g/mol. The standard InChI is InChI=1S/C13H18N2O5/c1-4-8-20-13(17)10(5-2)14-9(3)11(15(18)19)6-7-12(14)16/h6-7,10H,4-5,8H2,1-3H3. The lowest BCUT2D eigenvalue weighted by Gasteiger charge is -2.19. The van der Waals surface area contributed by atoms with Gasteiger partial charge in [-0.3, -0.25) is 19.5 Å². The largest absolute Gasteiger partial charge is 0.464 e. The van der Waals surface area contributed by atoms with Crippen molar-refractivity contribution < 1.29 is 14.5 Å². The summed E-state index contributed by atoms with van der Waals surface area (Å²) < 4.78 is 6.18. The maximum Gasteiger partial charge on any atom is 0.329 e. The van der Waals surface area contributed by atoms with Gasteiger partial charge in [0.15, 0.2) is 0 Å². The Labute approximate surface area is 116 Å². The fourth-order valence-electron chi connectivity index (χ4n) is 1.97. The number of ether oxygens (including phenoxy) is 1. The van der Waals surface area contributed by atoms with Gasteiger partial charge in [-0.1, -0.05) is 13.8 Å². The van der Waals surface area contributed by atoms with Crippen LogP contribution in [0, 0.1) is 17.0 Å². The summed E-state index contributed by atoms with van der Waals surface area (Å²) >= 11 is 0. The average Bonchev–Trinajstić information content (AvgIpc) is 2.40. The van der Waals surface area contributed by atoms with Gasteiger partial charge < -0.3 is 4.74 Å². The molecule has 0 bridgehead atoms. The number of rotatable bonds is 6. The molecule has 0 aliphatic heterocycles. The predicted octanol–water partition coefficient (Wildman–Crippen LogP) is 1.97. The minimum absolute atomic E-state index is 0.155. The summed E-state index contributed by atoms with van der Waals surface area (Å²) in [6, 6.07) is 1.41. The Hall–Kier alpha value is -2.18. The van der Waals surface area contributed by atoms with Crippen LogP contribution in [-0.4, -0.2) is 22.1 Å². The first kappa shape index (κ1) is 15.9. The number of nitrogens with zero attached hydrogens (tertiary/aromatic N) is 2. The van der Waals surface area contributed by atoms with E-state index in [1.807, 2.05) is 6.92 Å². The van der Waals surface area contributed by atoms with Crippen molar-refractivity contribution in [2.75, 3.05) is 6.61 Å². The van der Waals surface area contributed by atoms with Crippen LogP contribution >= 0.6 is 0 Å². The van der Waals surface area contributed by atoms with Crippen LogP contribution in [0.15, 0.2) is 16.9 Å². The summed E-state index contributed by atoms with van der Waals surface area (Å²) in [7, 11) is 0. The summed E-state index contributed by atoms with van der Waals surface area (Å²) in [6.45, 7) is 5.30. The Balaban J connectivity index is 3.28. The van der Waals surface area contributed by atoms with Gasteiger partial charge in [-0.05, 0) is 19.8 Å². The normalized spacial score (nSPS) is 11.9. The molecule has 0 saturated carbocycles. The Morgan fingerprint density at radius 3 is 2.60 bits per heavy atom. The summed E-state index contributed by atoms with van der Waals surface area (Å²) in [5.74, 6) is -0.542. The van der Waals surface area contributed by atoms with Gasteiger partial charge in [0, 0.05) is 12.1 Å². The highest BCUT2D eigenvalue weighted by atomic mass is 16.6. The molecule has 0 aromatic carbocycles. The van der Waals surface area contributed by atoms with Crippen LogP contribution in [0.5, 0.6) is 0 Å². The molecule has 1 heterocycles. The van der Waals surface area contributed by atoms with E-state index in [1.165, 1.54) is 6.92 Å². The van der Waals surface area contributed by atoms with Gasteiger partial charge in [-0.15, -0.1) is 0 Å². The van der Waals surface area contributed by atoms with Crippen molar-refractivity contribution in [2.45, 2.75) is 39.7 Å². The highest BCUT2D eigenvalue weighted by molar-refractivity contribution is 5.74. The molecule has 7 nitrogen and oxygen atoms in total. The lowest BCUT2D eigenvalue weighted by Crippen LogP contribution is -2.32. The predicted molar refractivity (Wildman–Crippen MR) is 72.7 cm³/mol. The number of pyridine rings is 1. The molecule has 1 atom stereocenters. The third-order valence-corrected chi connectivity index (χ3v) is 2.97. The van der Waals surface area contributed by atoms with Crippen LogP contribution in [0.2, 0.25) is 0 Å². The lowest BCUT2D eigenvalue weighted by molar-refractivity contribution is -0.386. The molecule has 1 aromatic rings. The molecule has 0 aliphatic carbocycles. The summed E-state index contributed by atoms with van der Waals surface area (Å²) in [5, 5.41) is 10.9. The molecule has 7 heteroatoms. The molecule has 0 fully saturated rings. The monoisotopic (exact) mass is 282 g/mol. The van der Waals surface area contributed by atoms with Crippen molar-refractivity contribution in [3.63, 3.8) is 0 Å². The fraction of sp³-hybridized carbons (Fsp3) is 0.538. The quantitative estimate of drug-likeness (QED) is 0.452. The smallest absolute Gasteiger partial charge is 0.329 e. The van der Waals surface area contributed by atoms with Crippen LogP contribution in [0.4, 0.5) is 5.69 Å². The first-order valence-corrected chi connectivity index (χ1v) is 6.47. The third kappa shape index (κ3) is 3.23. The van der Waals surface area contributed by atoms with E-state index in [-0.39, 0.29) is 18.0 Å². The Bertz CT molecular complexity index is 564. The number of carbonyl (C=O) groups excluding carboxylic acids is 1. The van der Waals surface area contributed by atoms with E-state index in [4.69, 9.17) is 4.74 Å². The van der Waals surface area contributed by atoms with E-state index in [0.717, 1.165) is 16.7 Å². The van der Waals surface area contributed by atoms with Crippen molar-refractivity contribution in [1.82, 2.24) is 4.57 Å². The van der Waals surface area contributed by atoms with E-state index in [9.17, 15) is 19.7 Å². The highest BCUT2D eigenvalue weighted by Crippen LogP contribution is 2.20. The number of esters is 1. The van der Waals surface area contributed by atoms with Crippen LogP contribution in [-0.2, 0) is 9.53 Å². The van der Waals surface area contributed by atoms with E-state index in [0.29, 0.717) is 12.8 Å². The SMILES string of the molecule is CCCOC(=O)C(CC)n1c(C)c([N+](=O)[O-])ccc1=O. The van der Waals surface area contributed by atoms with Crippen molar-refractivity contribution in [3.8, 4) is 0 Å². The molecular formula is C13H18N2O5. The zero-order chi connectivity index (χ0) is 15.3. The Morgan fingerprint density at radius 1 is 1.45 bits per heavy atom. The van der Waals surface area contributed by atoms with Crippen molar-refractivity contribution in [1.29, 1.82) is 0 Å². The van der Waals surface area contributed by atoms with Crippen molar-refractivity contribution >= 4 is 11.7 Å². The minimum atomic E-state index is -0.839. The van der Waals surface area contributed by atoms with E-state index < -0.39 is 22.5 Å². The second-order valence-corrected chi connectivity index (χ2v) is 4.36. The van der Waals surface area contributed by atoms with Crippen LogP contribution in [0.25, 0.3) is 0 Å². The fourth-order valence-corrected chi connectivity index (χ4v) is 1.97. The van der Waals surface area contributed by atoms with Gasteiger partial charge in [-0.2, -0.15) is 0 Å². The maximum absolute atomic E-state index is 12.0. The lowest BCUT2D eigenvalue weighted by atomic mass is 10.2. The van der Waals surface area contributed by atoms with Crippen molar-refractivity contribution in [2.24, 2.45) is 0 Å². The zero-order valence-electron chi connectivity index (χ0n) is 11.8. The molecule has 20 heavy (non-hydrogen) atoms. The molecule has 0 spiro atoms. The minimum Gasteiger partial charge on any atom is -0.464 e. The van der Waals surface area contributed by atoms with Crippen molar-refractivity contribution in [3.05, 3.63) is 38.3 Å². The van der Waals surface area contributed by atoms with Gasteiger partial charge >= 0.3 is 5.97 Å². The highest BCUT2D eigenvalue weighted by Gasteiger charge is 2.26. The van der Waals surface area contributed by atoms with Gasteiger partial charge in [-0.25, -0.2) is 4.79 Å². The zero-order valence-corrected chi connectivity index (χ0v) is 11.8. The Morgan fingerprint density at radius 2 is 2.10 bits per heavy atom. The second-order valence-electron chi connectivity index (χ2n) is 4.36. The summed E-state index contributed by atoms with van der Waals surface area (Å²) in [5.41, 5.74) is -0.484. The first-order valence-electron chi connectivity index (χ1n) is 6.47. The van der Waals surface area contributed by atoms with E-state index >= 15 is 0 Å². The summed E-state index contributed by atoms with van der Waals surface area (Å²) in [4.78, 5) is 34.2. The number of hydrogen-bond donors (Lipinski definition) is 0.